The summed E-state index contributed by atoms with van der Waals surface area (Å²) in [6, 6.07) is 2.26. The second-order valence-electron chi connectivity index (χ2n) is 4.18. The van der Waals surface area contributed by atoms with E-state index in [9.17, 15) is 8.78 Å². The van der Waals surface area contributed by atoms with Gasteiger partial charge in [-0.05, 0) is 25.5 Å². The van der Waals surface area contributed by atoms with Crippen LogP contribution in [0, 0.1) is 25.5 Å². The Bertz CT molecular complexity index is 614. The lowest BCUT2D eigenvalue weighted by Crippen LogP contribution is -2.04. The number of aryl methyl sites for hydroxylation is 2. The lowest BCUT2D eigenvalue weighted by Gasteiger charge is -2.11. The van der Waals surface area contributed by atoms with E-state index < -0.39 is 11.6 Å². The highest BCUT2D eigenvalue weighted by atomic mass is 19.1. The molecule has 0 spiro atoms. The van der Waals surface area contributed by atoms with Gasteiger partial charge in [0.1, 0.15) is 17.5 Å². The Kier molecular flexibility index (Phi) is 3.59. The lowest BCUT2D eigenvalue weighted by molar-refractivity contribution is 0.595. The predicted octanol–water partition coefficient (Wildman–Crippen LogP) is 3.16. The minimum Gasteiger partial charge on any atom is -0.357 e. The molecule has 19 heavy (non-hydrogen) atoms. The highest BCUT2D eigenvalue weighted by Crippen LogP contribution is 2.24. The molecule has 2 N–H and O–H groups in total. The number of rotatable bonds is 3. The molecular weight excluding hydrogens is 250 g/mol. The molecule has 0 fully saturated rings. The molecule has 1 heterocycles. The molecular formula is C13H14F2N4. The summed E-state index contributed by atoms with van der Waals surface area (Å²) in [4.78, 5) is 8.18. The van der Waals surface area contributed by atoms with E-state index in [4.69, 9.17) is 0 Å². The normalized spacial score (nSPS) is 10.4. The van der Waals surface area contributed by atoms with Gasteiger partial charge in [-0.25, -0.2) is 13.8 Å². The van der Waals surface area contributed by atoms with Crippen LogP contribution in [0.4, 0.5) is 26.2 Å². The summed E-state index contributed by atoms with van der Waals surface area (Å²) in [5.41, 5.74) is 1.05. The minimum absolute atomic E-state index is 0.0481. The van der Waals surface area contributed by atoms with Crippen molar-refractivity contribution in [3.05, 3.63) is 41.1 Å². The first-order chi connectivity index (χ1) is 9.01. The molecule has 0 aliphatic rings. The topological polar surface area (TPSA) is 49.8 Å². The molecule has 0 aliphatic carbocycles. The standard InChI is InChI=1S/C13H14F2N4/c1-7-4-10(15)11(5-9(7)14)18-12-8(2)6-17-13(16-3)19-12/h4-6H,1-3H3,(H2,16,17,18,19). The summed E-state index contributed by atoms with van der Waals surface area (Å²) in [5.74, 6) is -0.157. The number of hydrogen-bond acceptors (Lipinski definition) is 4. The van der Waals surface area contributed by atoms with Crippen LogP contribution in [0.15, 0.2) is 18.3 Å². The van der Waals surface area contributed by atoms with Gasteiger partial charge in [-0.2, -0.15) is 4.98 Å². The molecule has 0 radical (unpaired) electrons. The van der Waals surface area contributed by atoms with Crippen molar-refractivity contribution in [3.8, 4) is 0 Å². The fourth-order valence-electron chi connectivity index (χ4n) is 1.56. The van der Waals surface area contributed by atoms with Gasteiger partial charge in [0.25, 0.3) is 0 Å². The smallest absolute Gasteiger partial charge is 0.224 e. The van der Waals surface area contributed by atoms with Gasteiger partial charge in [0, 0.05) is 24.9 Å². The van der Waals surface area contributed by atoms with E-state index in [1.807, 2.05) is 0 Å². The molecule has 2 aromatic rings. The van der Waals surface area contributed by atoms with Crippen LogP contribution in [-0.4, -0.2) is 17.0 Å². The molecule has 6 heteroatoms. The third-order valence-corrected chi connectivity index (χ3v) is 2.70. The molecule has 1 aromatic heterocycles. The summed E-state index contributed by atoms with van der Waals surface area (Å²) in [6.07, 6.45) is 1.60. The Hall–Kier alpha value is -2.24. The SMILES string of the molecule is CNc1ncc(C)c(Nc2cc(F)c(C)cc2F)n1. The Morgan fingerprint density at radius 3 is 2.47 bits per heavy atom. The Morgan fingerprint density at radius 2 is 1.79 bits per heavy atom. The zero-order chi connectivity index (χ0) is 14.0. The van der Waals surface area contributed by atoms with Crippen molar-refractivity contribution < 1.29 is 8.78 Å². The van der Waals surface area contributed by atoms with E-state index >= 15 is 0 Å². The van der Waals surface area contributed by atoms with Crippen LogP contribution >= 0.6 is 0 Å². The molecule has 0 amide bonds. The summed E-state index contributed by atoms with van der Waals surface area (Å²) in [5, 5.41) is 5.56. The zero-order valence-electron chi connectivity index (χ0n) is 10.9. The zero-order valence-corrected chi connectivity index (χ0v) is 10.9. The molecule has 0 atom stereocenters. The van der Waals surface area contributed by atoms with Gasteiger partial charge < -0.3 is 10.6 Å². The molecule has 0 unspecified atom stereocenters. The minimum atomic E-state index is -0.525. The van der Waals surface area contributed by atoms with E-state index in [-0.39, 0.29) is 11.3 Å². The van der Waals surface area contributed by atoms with Crippen molar-refractivity contribution >= 4 is 17.5 Å². The van der Waals surface area contributed by atoms with Crippen molar-refractivity contribution in [2.45, 2.75) is 13.8 Å². The van der Waals surface area contributed by atoms with Crippen LogP contribution in [0.1, 0.15) is 11.1 Å². The van der Waals surface area contributed by atoms with Crippen LogP contribution in [0.2, 0.25) is 0 Å². The second kappa shape index (κ2) is 5.17. The first-order valence-corrected chi connectivity index (χ1v) is 5.75. The van der Waals surface area contributed by atoms with E-state index in [0.29, 0.717) is 11.8 Å². The number of nitrogens with zero attached hydrogens (tertiary/aromatic N) is 2. The van der Waals surface area contributed by atoms with Crippen molar-refractivity contribution in [1.82, 2.24) is 9.97 Å². The summed E-state index contributed by atoms with van der Waals surface area (Å²) >= 11 is 0. The van der Waals surface area contributed by atoms with Crippen molar-refractivity contribution in [2.24, 2.45) is 0 Å². The van der Waals surface area contributed by atoms with Gasteiger partial charge >= 0.3 is 0 Å². The van der Waals surface area contributed by atoms with Crippen LogP contribution in [0.3, 0.4) is 0 Å². The summed E-state index contributed by atoms with van der Waals surface area (Å²) in [6.45, 7) is 3.29. The molecule has 1 aromatic carbocycles. The van der Waals surface area contributed by atoms with Gasteiger partial charge in [0.2, 0.25) is 5.95 Å². The quantitative estimate of drug-likeness (QED) is 0.894. The summed E-state index contributed by atoms with van der Waals surface area (Å²) in [7, 11) is 1.68. The molecule has 0 saturated carbocycles. The Balaban J connectivity index is 2.38. The van der Waals surface area contributed by atoms with E-state index in [2.05, 4.69) is 20.6 Å². The number of aromatic nitrogens is 2. The molecule has 0 aliphatic heterocycles. The van der Waals surface area contributed by atoms with Gasteiger partial charge in [-0.1, -0.05) is 0 Å². The molecule has 0 saturated heterocycles. The fraction of sp³-hybridized carbons (Fsp3) is 0.231. The second-order valence-corrected chi connectivity index (χ2v) is 4.18. The average Bonchev–Trinajstić information content (AvgIpc) is 2.38. The largest absolute Gasteiger partial charge is 0.357 e. The van der Waals surface area contributed by atoms with Gasteiger partial charge in [-0.3, -0.25) is 0 Å². The van der Waals surface area contributed by atoms with E-state index in [1.54, 1.807) is 20.2 Å². The maximum Gasteiger partial charge on any atom is 0.224 e. The first kappa shape index (κ1) is 13.2. The fourth-order valence-corrected chi connectivity index (χ4v) is 1.56. The summed E-state index contributed by atoms with van der Waals surface area (Å²) < 4.78 is 27.2. The van der Waals surface area contributed by atoms with Crippen LogP contribution < -0.4 is 10.6 Å². The first-order valence-electron chi connectivity index (χ1n) is 5.75. The Labute approximate surface area is 109 Å². The van der Waals surface area contributed by atoms with E-state index in [1.165, 1.54) is 6.92 Å². The highest BCUT2D eigenvalue weighted by molar-refractivity contribution is 5.61. The molecule has 4 nitrogen and oxygen atoms in total. The monoisotopic (exact) mass is 264 g/mol. The third kappa shape index (κ3) is 2.78. The van der Waals surface area contributed by atoms with Gasteiger partial charge in [0.05, 0.1) is 5.69 Å². The predicted molar refractivity (Wildman–Crippen MR) is 70.7 cm³/mol. The maximum atomic E-state index is 13.7. The van der Waals surface area contributed by atoms with Crippen molar-refractivity contribution in [2.75, 3.05) is 17.7 Å². The average molecular weight is 264 g/mol. The van der Waals surface area contributed by atoms with Gasteiger partial charge in [0.15, 0.2) is 0 Å². The van der Waals surface area contributed by atoms with Crippen LogP contribution in [0.5, 0.6) is 0 Å². The Morgan fingerprint density at radius 1 is 1.05 bits per heavy atom. The molecule has 2 rings (SSSR count). The molecule has 0 bridgehead atoms. The molecule has 100 valence electrons. The number of hydrogen-bond donors (Lipinski definition) is 2. The van der Waals surface area contributed by atoms with Crippen molar-refractivity contribution in [3.63, 3.8) is 0 Å². The van der Waals surface area contributed by atoms with Gasteiger partial charge in [-0.15, -0.1) is 0 Å². The number of anilines is 3. The van der Waals surface area contributed by atoms with Crippen molar-refractivity contribution in [1.29, 1.82) is 0 Å². The van der Waals surface area contributed by atoms with Crippen LogP contribution in [-0.2, 0) is 0 Å². The number of benzene rings is 1. The number of halogens is 2. The van der Waals surface area contributed by atoms with Crippen LogP contribution in [0.25, 0.3) is 0 Å². The lowest BCUT2D eigenvalue weighted by atomic mass is 10.2. The van der Waals surface area contributed by atoms with E-state index in [0.717, 1.165) is 17.7 Å². The highest BCUT2D eigenvalue weighted by Gasteiger charge is 2.10. The number of nitrogens with one attached hydrogen (secondary N) is 2. The third-order valence-electron chi connectivity index (χ3n) is 2.70. The maximum absolute atomic E-state index is 13.7.